The van der Waals surface area contributed by atoms with Crippen LogP contribution in [-0.4, -0.2) is 43.2 Å². The number of anilines is 1. The molecule has 1 aliphatic rings. The van der Waals surface area contributed by atoms with Gasteiger partial charge in [-0.3, -0.25) is 4.79 Å². The average Bonchev–Trinajstić information content (AvgIpc) is 2.54. The Kier molecular flexibility index (Phi) is 6.21. The first-order valence-electron chi connectivity index (χ1n) is 8.39. The molecule has 0 aromatic heterocycles. The van der Waals surface area contributed by atoms with Gasteiger partial charge < -0.3 is 19.7 Å². The Morgan fingerprint density at radius 1 is 1.21 bits per heavy atom. The van der Waals surface area contributed by atoms with Crippen LogP contribution in [0.15, 0.2) is 12.1 Å². The molecule has 0 saturated carbocycles. The number of rotatable bonds is 5. The second kappa shape index (κ2) is 7.97. The Bertz CT molecular complexity index is 584. The van der Waals surface area contributed by atoms with Crippen LogP contribution in [0.5, 0.6) is 11.5 Å². The van der Waals surface area contributed by atoms with Crippen LogP contribution in [0.3, 0.4) is 0 Å². The van der Waals surface area contributed by atoms with Crippen LogP contribution in [0.4, 0.5) is 5.69 Å². The molecule has 24 heavy (non-hydrogen) atoms. The Labute approximate surface area is 149 Å². The maximum Gasteiger partial charge on any atom is 0.245 e. The van der Waals surface area contributed by atoms with Crippen molar-refractivity contribution in [2.24, 2.45) is 0 Å². The van der Waals surface area contributed by atoms with E-state index < -0.39 is 0 Å². The minimum absolute atomic E-state index is 0.101. The monoisotopic (exact) mass is 354 g/mol. The van der Waals surface area contributed by atoms with Gasteiger partial charge in [-0.05, 0) is 46.1 Å². The van der Waals surface area contributed by atoms with Gasteiger partial charge in [0.05, 0.1) is 24.9 Å². The lowest BCUT2D eigenvalue weighted by Gasteiger charge is -2.40. The number of carbonyl (C=O) groups excluding carboxylic acids is 1. The Balaban J connectivity index is 2.18. The van der Waals surface area contributed by atoms with Crippen LogP contribution in [-0.2, 0) is 4.79 Å². The summed E-state index contributed by atoms with van der Waals surface area (Å²) in [5, 5.41) is 3.71. The second-order valence-electron chi connectivity index (χ2n) is 6.43. The molecular weight excluding hydrogens is 328 g/mol. The summed E-state index contributed by atoms with van der Waals surface area (Å²) in [4.78, 5) is 14.9. The number of carbonyl (C=O) groups is 1. The topological polar surface area (TPSA) is 50.8 Å². The van der Waals surface area contributed by atoms with Gasteiger partial charge >= 0.3 is 0 Å². The molecule has 1 aromatic rings. The number of likely N-dealkylation sites (tertiary alicyclic amines) is 1. The van der Waals surface area contributed by atoms with Gasteiger partial charge in [-0.15, -0.1) is 0 Å². The maximum absolute atomic E-state index is 12.9. The minimum Gasteiger partial charge on any atom is -0.495 e. The van der Waals surface area contributed by atoms with E-state index in [1.54, 1.807) is 26.4 Å². The molecule has 1 aliphatic heterocycles. The third-order valence-electron chi connectivity index (χ3n) is 4.66. The Hall–Kier alpha value is -1.62. The average molecular weight is 355 g/mol. The van der Waals surface area contributed by atoms with Crippen molar-refractivity contribution in [2.45, 2.75) is 58.2 Å². The largest absolute Gasteiger partial charge is 0.495 e. The van der Waals surface area contributed by atoms with Crippen LogP contribution < -0.4 is 14.8 Å². The van der Waals surface area contributed by atoms with E-state index in [1.807, 2.05) is 11.8 Å². The predicted molar refractivity (Wildman–Crippen MR) is 97.3 cm³/mol. The lowest BCUT2D eigenvalue weighted by molar-refractivity contribution is -0.137. The number of nitrogens with one attached hydrogen (secondary N) is 1. The molecule has 0 radical (unpaired) electrons. The Morgan fingerprint density at radius 3 is 2.33 bits per heavy atom. The molecule has 0 spiro atoms. The van der Waals surface area contributed by atoms with Crippen LogP contribution in [0.1, 0.15) is 40.0 Å². The molecule has 5 nitrogen and oxygen atoms in total. The number of benzene rings is 1. The molecule has 1 saturated heterocycles. The molecular formula is C18H27ClN2O3. The SMILES string of the molecule is COc1cc(OC)c(N[C@H](C)C(=O)N2[C@H](C)CCC[C@@H]2C)cc1Cl. The standard InChI is InChI=1S/C18H27ClN2O3/c1-11-7-6-8-12(2)21(11)18(22)13(3)20-15-9-14(19)16(23-4)10-17(15)24-5/h9-13,20H,6-8H2,1-5H3/t11-,12+,13-/m1/s1. The molecule has 1 fully saturated rings. The number of hydrogen-bond donors (Lipinski definition) is 1. The molecule has 2 rings (SSSR count). The summed E-state index contributed by atoms with van der Waals surface area (Å²) in [5.41, 5.74) is 0.682. The minimum atomic E-state index is -0.369. The first kappa shape index (κ1) is 18.7. The van der Waals surface area contributed by atoms with E-state index in [0.717, 1.165) is 12.8 Å². The van der Waals surface area contributed by atoms with Crippen LogP contribution >= 0.6 is 11.6 Å². The van der Waals surface area contributed by atoms with Crippen LogP contribution in [0, 0.1) is 0 Å². The van der Waals surface area contributed by atoms with Gasteiger partial charge in [-0.1, -0.05) is 11.6 Å². The fraction of sp³-hybridized carbons (Fsp3) is 0.611. The van der Waals surface area contributed by atoms with Crippen molar-refractivity contribution in [3.8, 4) is 11.5 Å². The van der Waals surface area contributed by atoms with Crippen LogP contribution in [0.25, 0.3) is 0 Å². The van der Waals surface area contributed by atoms with E-state index >= 15 is 0 Å². The molecule has 0 aliphatic carbocycles. The van der Waals surface area contributed by atoms with Gasteiger partial charge in [-0.25, -0.2) is 0 Å². The first-order chi connectivity index (χ1) is 11.4. The number of hydrogen-bond acceptors (Lipinski definition) is 4. The van der Waals surface area contributed by atoms with Crippen molar-refractivity contribution in [1.82, 2.24) is 4.90 Å². The number of amides is 1. The van der Waals surface area contributed by atoms with Crippen molar-refractivity contribution in [3.63, 3.8) is 0 Å². The normalized spacial score (nSPS) is 22.0. The van der Waals surface area contributed by atoms with Gasteiger partial charge in [-0.2, -0.15) is 0 Å². The highest BCUT2D eigenvalue weighted by molar-refractivity contribution is 6.32. The molecule has 1 N–H and O–H groups in total. The molecule has 134 valence electrons. The van der Waals surface area contributed by atoms with E-state index in [4.69, 9.17) is 21.1 Å². The van der Waals surface area contributed by atoms with Crippen molar-refractivity contribution >= 4 is 23.2 Å². The van der Waals surface area contributed by atoms with E-state index in [1.165, 1.54) is 6.42 Å². The van der Waals surface area contributed by atoms with Gasteiger partial charge in [0, 0.05) is 18.2 Å². The number of methoxy groups -OCH3 is 2. The summed E-state index contributed by atoms with van der Waals surface area (Å²) in [6, 6.07) is 3.62. The third kappa shape index (κ3) is 3.89. The highest BCUT2D eigenvalue weighted by Gasteiger charge is 2.32. The molecule has 1 aromatic carbocycles. The number of halogens is 1. The summed E-state index contributed by atoms with van der Waals surface area (Å²) in [6.45, 7) is 6.10. The number of nitrogens with zero attached hydrogens (tertiary/aromatic N) is 1. The fourth-order valence-electron chi connectivity index (χ4n) is 3.35. The molecule has 1 heterocycles. The third-order valence-corrected chi connectivity index (χ3v) is 4.96. The zero-order valence-corrected chi connectivity index (χ0v) is 15.8. The quantitative estimate of drug-likeness (QED) is 0.869. The lowest BCUT2D eigenvalue weighted by atomic mass is 9.96. The van der Waals surface area contributed by atoms with Crippen molar-refractivity contribution in [3.05, 3.63) is 17.2 Å². The van der Waals surface area contributed by atoms with Gasteiger partial charge in [0.15, 0.2) is 0 Å². The maximum atomic E-state index is 12.9. The van der Waals surface area contributed by atoms with Crippen molar-refractivity contribution in [1.29, 1.82) is 0 Å². The highest BCUT2D eigenvalue weighted by Crippen LogP contribution is 2.36. The van der Waals surface area contributed by atoms with E-state index in [9.17, 15) is 4.79 Å². The summed E-state index contributed by atoms with van der Waals surface area (Å²) >= 11 is 6.20. The van der Waals surface area contributed by atoms with E-state index in [0.29, 0.717) is 22.2 Å². The molecule has 1 amide bonds. The summed E-state index contributed by atoms with van der Waals surface area (Å²) in [7, 11) is 3.13. The molecule has 3 atom stereocenters. The molecule has 6 heteroatoms. The van der Waals surface area contributed by atoms with Crippen molar-refractivity contribution < 1.29 is 14.3 Å². The summed E-state index contributed by atoms with van der Waals surface area (Å²) in [6.07, 6.45) is 3.29. The smallest absolute Gasteiger partial charge is 0.245 e. The fourth-order valence-corrected chi connectivity index (χ4v) is 3.59. The second-order valence-corrected chi connectivity index (χ2v) is 6.83. The van der Waals surface area contributed by atoms with E-state index in [2.05, 4.69) is 19.2 Å². The van der Waals surface area contributed by atoms with Crippen LogP contribution in [0.2, 0.25) is 5.02 Å². The van der Waals surface area contributed by atoms with Gasteiger partial charge in [0.2, 0.25) is 5.91 Å². The Morgan fingerprint density at radius 2 is 1.79 bits per heavy atom. The first-order valence-corrected chi connectivity index (χ1v) is 8.77. The number of ether oxygens (including phenoxy) is 2. The zero-order chi connectivity index (χ0) is 17.9. The predicted octanol–water partition coefficient (Wildman–Crippen LogP) is 3.95. The summed E-state index contributed by atoms with van der Waals surface area (Å²) in [5.74, 6) is 1.23. The molecule has 0 unspecified atom stereocenters. The van der Waals surface area contributed by atoms with Gasteiger partial charge in [0.1, 0.15) is 17.5 Å². The summed E-state index contributed by atoms with van der Waals surface area (Å²) < 4.78 is 10.6. The lowest BCUT2D eigenvalue weighted by Crippen LogP contribution is -2.52. The highest BCUT2D eigenvalue weighted by atomic mass is 35.5. The van der Waals surface area contributed by atoms with Gasteiger partial charge in [0.25, 0.3) is 0 Å². The number of piperidine rings is 1. The molecule has 0 bridgehead atoms. The van der Waals surface area contributed by atoms with E-state index in [-0.39, 0.29) is 24.0 Å². The zero-order valence-electron chi connectivity index (χ0n) is 15.1. The van der Waals surface area contributed by atoms with Crippen molar-refractivity contribution in [2.75, 3.05) is 19.5 Å².